The molecule has 1 aliphatic rings. The third-order valence-electron chi connectivity index (χ3n) is 4.04. The Morgan fingerprint density at radius 2 is 2.08 bits per heavy atom. The van der Waals surface area contributed by atoms with Gasteiger partial charge in [-0.25, -0.2) is 9.78 Å². The third kappa shape index (κ3) is 2.82. The molecule has 2 aromatic rings. The molecule has 2 heterocycles. The Hall–Kier alpha value is -2.21. The van der Waals surface area contributed by atoms with Gasteiger partial charge < -0.3 is 9.52 Å². The minimum absolute atomic E-state index is 0.0251. The highest BCUT2D eigenvalue weighted by Crippen LogP contribution is 2.34. The molecule has 0 fully saturated rings. The highest BCUT2D eigenvalue weighted by Gasteiger charge is 2.31. The fraction of sp³-hybridized carbons (Fsp3) is 0.389. The van der Waals surface area contributed by atoms with Crippen LogP contribution in [0.4, 0.5) is 0 Å². The molecule has 0 bridgehead atoms. The average molecular weight is 345 g/mol. The van der Waals surface area contributed by atoms with Gasteiger partial charge >= 0.3 is 5.97 Å². The van der Waals surface area contributed by atoms with Crippen LogP contribution in [0.15, 0.2) is 16.2 Å². The van der Waals surface area contributed by atoms with Crippen molar-refractivity contribution in [2.75, 3.05) is 0 Å². The van der Waals surface area contributed by atoms with Crippen molar-refractivity contribution in [3.8, 4) is 0 Å². The van der Waals surface area contributed by atoms with Crippen LogP contribution in [0.1, 0.15) is 69.3 Å². The maximum atomic E-state index is 12.7. The molecule has 0 amide bonds. The number of hydrogen-bond donors (Lipinski definition) is 1. The SMILES string of the molecule is Cc1c(C(=O)O)oc2c1C(=O)C(=Cc1cnc(C(C)(C)C)s1)CC2. The van der Waals surface area contributed by atoms with E-state index in [1.54, 1.807) is 24.5 Å². The number of aromatic carboxylic acids is 1. The summed E-state index contributed by atoms with van der Waals surface area (Å²) in [6, 6.07) is 0. The van der Waals surface area contributed by atoms with Gasteiger partial charge in [0.25, 0.3) is 0 Å². The van der Waals surface area contributed by atoms with Gasteiger partial charge in [0.1, 0.15) is 5.76 Å². The van der Waals surface area contributed by atoms with E-state index in [1.165, 1.54) is 0 Å². The molecule has 0 atom stereocenters. The van der Waals surface area contributed by atoms with E-state index in [9.17, 15) is 9.59 Å². The van der Waals surface area contributed by atoms with Gasteiger partial charge in [0.15, 0.2) is 5.78 Å². The molecular weight excluding hydrogens is 326 g/mol. The van der Waals surface area contributed by atoms with E-state index in [4.69, 9.17) is 9.52 Å². The number of fused-ring (bicyclic) bond motifs is 1. The first-order valence-electron chi connectivity index (χ1n) is 7.75. The largest absolute Gasteiger partial charge is 0.475 e. The number of aryl methyl sites for hydroxylation is 1. The quantitative estimate of drug-likeness (QED) is 0.823. The number of Topliss-reactive ketones (excluding diaryl/α,β-unsaturated/α-hetero) is 1. The number of rotatable bonds is 2. The monoisotopic (exact) mass is 345 g/mol. The lowest BCUT2D eigenvalue weighted by Gasteiger charge is -2.14. The Balaban J connectivity index is 1.96. The van der Waals surface area contributed by atoms with E-state index in [0.29, 0.717) is 35.3 Å². The molecule has 1 aliphatic carbocycles. The molecule has 5 nitrogen and oxygen atoms in total. The number of carbonyl (C=O) groups excluding carboxylic acids is 1. The number of carboxylic acid groups (broad SMARTS) is 1. The van der Waals surface area contributed by atoms with Crippen LogP contribution in [-0.2, 0) is 11.8 Å². The smallest absolute Gasteiger partial charge is 0.372 e. The zero-order chi connectivity index (χ0) is 17.6. The van der Waals surface area contributed by atoms with Gasteiger partial charge in [-0.1, -0.05) is 20.8 Å². The first-order chi connectivity index (χ1) is 11.2. The molecule has 0 saturated carbocycles. The molecule has 3 rings (SSSR count). The van der Waals surface area contributed by atoms with E-state index in [1.807, 2.05) is 6.08 Å². The number of ketones is 1. The van der Waals surface area contributed by atoms with E-state index < -0.39 is 5.97 Å². The van der Waals surface area contributed by atoms with Crippen LogP contribution in [-0.4, -0.2) is 21.8 Å². The molecule has 6 heteroatoms. The number of allylic oxidation sites excluding steroid dienone is 1. The van der Waals surface area contributed by atoms with Crippen molar-refractivity contribution in [3.63, 3.8) is 0 Å². The van der Waals surface area contributed by atoms with E-state index in [2.05, 4.69) is 25.8 Å². The van der Waals surface area contributed by atoms with E-state index in [0.717, 1.165) is 9.88 Å². The van der Waals surface area contributed by atoms with Crippen LogP contribution in [0.2, 0.25) is 0 Å². The second kappa shape index (κ2) is 5.70. The lowest BCUT2D eigenvalue weighted by atomic mass is 9.89. The lowest BCUT2D eigenvalue weighted by Crippen LogP contribution is -2.13. The number of hydrogen-bond acceptors (Lipinski definition) is 5. The van der Waals surface area contributed by atoms with Crippen molar-refractivity contribution in [1.29, 1.82) is 0 Å². The topological polar surface area (TPSA) is 80.4 Å². The summed E-state index contributed by atoms with van der Waals surface area (Å²) in [5, 5.41) is 10.2. The fourth-order valence-electron chi connectivity index (χ4n) is 2.78. The summed E-state index contributed by atoms with van der Waals surface area (Å²) in [6.07, 6.45) is 4.73. The number of carboxylic acids is 1. The standard InChI is InChI=1S/C18H19NO4S/c1-9-13-12(23-15(9)16(21)22)6-5-10(14(13)20)7-11-8-19-17(24-11)18(2,3)4/h7-8H,5-6H2,1-4H3,(H,21,22). The van der Waals surface area contributed by atoms with Gasteiger partial charge in [-0.3, -0.25) is 4.79 Å². The minimum atomic E-state index is -1.14. The average Bonchev–Trinajstić information content (AvgIpc) is 3.07. The summed E-state index contributed by atoms with van der Waals surface area (Å²) in [5.41, 5.74) is 1.47. The minimum Gasteiger partial charge on any atom is -0.475 e. The summed E-state index contributed by atoms with van der Waals surface area (Å²) in [6.45, 7) is 7.92. The van der Waals surface area contributed by atoms with E-state index in [-0.39, 0.29) is 17.0 Å². The summed E-state index contributed by atoms with van der Waals surface area (Å²) < 4.78 is 5.36. The van der Waals surface area contributed by atoms with Gasteiger partial charge in [0.05, 0.1) is 10.6 Å². The maximum absolute atomic E-state index is 12.7. The number of nitrogens with zero attached hydrogens (tertiary/aromatic N) is 1. The van der Waals surface area contributed by atoms with Gasteiger partial charge in [-0.05, 0) is 19.4 Å². The van der Waals surface area contributed by atoms with Gasteiger partial charge in [0.2, 0.25) is 5.76 Å². The van der Waals surface area contributed by atoms with Crippen LogP contribution in [0.5, 0.6) is 0 Å². The van der Waals surface area contributed by atoms with Gasteiger partial charge in [0, 0.05) is 34.0 Å². The normalized spacial score (nSPS) is 16.5. The highest BCUT2D eigenvalue weighted by molar-refractivity contribution is 7.12. The predicted molar refractivity (Wildman–Crippen MR) is 91.8 cm³/mol. The number of carbonyl (C=O) groups is 2. The molecule has 0 unspecified atom stereocenters. The molecule has 2 aromatic heterocycles. The second-order valence-electron chi connectivity index (χ2n) is 6.98. The number of aromatic nitrogens is 1. The van der Waals surface area contributed by atoms with Crippen molar-refractivity contribution in [1.82, 2.24) is 4.98 Å². The van der Waals surface area contributed by atoms with Gasteiger partial charge in [-0.2, -0.15) is 0 Å². The van der Waals surface area contributed by atoms with Crippen molar-refractivity contribution < 1.29 is 19.1 Å². The molecule has 0 aliphatic heterocycles. The lowest BCUT2D eigenvalue weighted by molar-refractivity contribution is 0.0659. The summed E-state index contributed by atoms with van der Waals surface area (Å²) in [4.78, 5) is 29.3. The van der Waals surface area contributed by atoms with Crippen molar-refractivity contribution in [2.24, 2.45) is 0 Å². The van der Waals surface area contributed by atoms with Crippen LogP contribution >= 0.6 is 11.3 Å². The molecule has 0 aromatic carbocycles. The zero-order valence-corrected chi connectivity index (χ0v) is 14.9. The maximum Gasteiger partial charge on any atom is 0.372 e. The molecule has 0 saturated heterocycles. The van der Waals surface area contributed by atoms with Crippen LogP contribution in [0.25, 0.3) is 6.08 Å². The number of thiazole rings is 1. The Morgan fingerprint density at radius 1 is 1.38 bits per heavy atom. The second-order valence-corrected chi connectivity index (χ2v) is 8.04. The van der Waals surface area contributed by atoms with Crippen LogP contribution in [0.3, 0.4) is 0 Å². The number of furan rings is 1. The molecule has 24 heavy (non-hydrogen) atoms. The first-order valence-corrected chi connectivity index (χ1v) is 8.57. The van der Waals surface area contributed by atoms with Crippen molar-refractivity contribution in [2.45, 2.75) is 46.0 Å². The Bertz CT molecular complexity index is 864. The van der Waals surface area contributed by atoms with Crippen molar-refractivity contribution in [3.05, 3.63) is 44.3 Å². The fourth-order valence-corrected chi connectivity index (χ4v) is 3.72. The molecular formula is C18H19NO4S. The Morgan fingerprint density at radius 3 is 2.67 bits per heavy atom. The first kappa shape index (κ1) is 16.6. The van der Waals surface area contributed by atoms with Gasteiger partial charge in [-0.15, -0.1) is 11.3 Å². The highest BCUT2D eigenvalue weighted by atomic mass is 32.1. The molecule has 0 spiro atoms. The summed E-state index contributed by atoms with van der Waals surface area (Å²) >= 11 is 1.57. The third-order valence-corrected chi connectivity index (χ3v) is 5.41. The molecule has 0 radical (unpaired) electrons. The van der Waals surface area contributed by atoms with Crippen molar-refractivity contribution >= 4 is 29.2 Å². The summed E-state index contributed by atoms with van der Waals surface area (Å²) in [7, 11) is 0. The Labute approximate surface area is 144 Å². The predicted octanol–water partition coefficient (Wildman–Crippen LogP) is 4.25. The molecule has 1 N–H and O–H groups in total. The molecule has 126 valence electrons. The van der Waals surface area contributed by atoms with E-state index >= 15 is 0 Å². The Kier molecular flexibility index (Phi) is 3.95. The zero-order valence-electron chi connectivity index (χ0n) is 14.1. The van der Waals surface area contributed by atoms with Crippen LogP contribution < -0.4 is 0 Å². The van der Waals surface area contributed by atoms with Crippen LogP contribution in [0, 0.1) is 6.92 Å². The summed E-state index contributed by atoms with van der Waals surface area (Å²) in [5.74, 6) is -0.942.